The largest absolute Gasteiger partial charge is 0.309 e. The van der Waals surface area contributed by atoms with Gasteiger partial charge in [-0.2, -0.15) is 0 Å². The average molecular weight is 276 g/mol. The molecule has 0 spiro atoms. The Bertz CT molecular complexity index is 496. The number of hydrogen-bond acceptors (Lipinski definition) is 4. The van der Waals surface area contributed by atoms with E-state index in [-0.39, 0.29) is 0 Å². The number of thioether (sulfide) groups is 1. The molecule has 0 aliphatic carbocycles. The minimum absolute atomic E-state index is 0.515. The molecule has 1 aliphatic rings. The van der Waals surface area contributed by atoms with Crippen LogP contribution in [0.25, 0.3) is 0 Å². The van der Waals surface area contributed by atoms with Crippen LogP contribution in [0.5, 0.6) is 0 Å². The molecule has 2 heterocycles. The highest BCUT2D eigenvalue weighted by Crippen LogP contribution is 2.35. The van der Waals surface area contributed by atoms with Gasteiger partial charge in [0.25, 0.3) is 0 Å². The zero-order valence-corrected chi connectivity index (χ0v) is 11.8. The molecular weight excluding hydrogens is 260 g/mol. The van der Waals surface area contributed by atoms with Gasteiger partial charge in [-0.15, -0.1) is 23.1 Å². The van der Waals surface area contributed by atoms with Crippen molar-refractivity contribution in [3.8, 4) is 0 Å². The molecule has 0 saturated heterocycles. The summed E-state index contributed by atoms with van der Waals surface area (Å²) < 4.78 is 0. The van der Waals surface area contributed by atoms with Crippen LogP contribution in [0.3, 0.4) is 0 Å². The molecule has 3 rings (SSSR count). The summed E-state index contributed by atoms with van der Waals surface area (Å²) in [6.07, 6.45) is 2.24. The highest BCUT2D eigenvalue weighted by molar-refractivity contribution is 7.99. The molecule has 1 atom stereocenters. The summed E-state index contributed by atoms with van der Waals surface area (Å²) in [4.78, 5) is 5.76. The second-order valence-corrected chi connectivity index (χ2v) is 6.27. The Morgan fingerprint density at radius 2 is 2.28 bits per heavy atom. The van der Waals surface area contributed by atoms with Crippen LogP contribution in [-0.2, 0) is 6.42 Å². The summed E-state index contributed by atoms with van der Waals surface area (Å²) in [5, 5.41) is 5.80. The lowest BCUT2D eigenvalue weighted by molar-refractivity contribution is 0.512. The van der Waals surface area contributed by atoms with E-state index in [1.165, 1.54) is 28.3 Å². The lowest BCUT2D eigenvalue weighted by atomic mass is 10.0. The molecule has 0 radical (unpaired) electrons. The number of benzene rings is 1. The van der Waals surface area contributed by atoms with Gasteiger partial charge in [-0.25, -0.2) is 4.98 Å². The molecule has 18 heavy (non-hydrogen) atoms. The van der Waals surface area contributed by atoms with Crippen LogP contribution in [0, 0.1) is 0 Å². The van der Waals surface area contributed by atoms with E-state index in [0.29, 0.717) is 6.04 Å². The number of hydrogen-bond donors (Lipinski definition) is 1. The van der Waals surface area contributed by atoms with E-state index in [1.807, 2.05) is 17.3 Å². The fourth-order valence-corrected chi connectivity index (χ4v) is 4.01. The van der Waals surface area contributed by atoms with Crippen LogP contribution in [0.4, 0.5) is 0 Å². The minimum atomic E-state index is 0.515. The fourth-order valence-electron chi connectivity index (χ4n) is 2.29. The van der Waals surface area contributed by atoms with Crippen molar-refractivity contribution < 1.29 is 0 Å². The van der Waals surface area contributed by atoms with Crippen LogP contribution < -0.4 is 5.32 Å². The van der Waals surface area contributed by atoms with Crippen molar-refractivity contribution in [1.82, 2.24) is 10.3 Å². The molecule has 2 aromatic rings. The fraction of sp³-hybridized carbons (Fsp3) is 0.357. The smallest absolute Gasteiger partial charge is 0.0794 e. The number of aromatic nitrogens is 1. The first-order chi connectivity index (χ1) is 8.93. The van der Waals surface area contributed by atoms with Crippen LogP contribution in [0.15, 0.2) is 40.1 Å². The molecule has 1 aliphatic heterocycles. The molecule has 4 heteroatoms. The number of thiazole rings is 1. The van der Waals surface area contributed by atoms with Gasteiger partial charge in [0.2, 0.25) is 0 Å². The van der Waals surface area contributed by atoms with Gasteiger partial charge >= 0.3 is 0 Å². The predicted molar refractivity (Wildman–Crippen MR) is 78.3 cm³/mol. The molecule has 1 aromatic carbocycles. The first-order valence-corrected chi connectivity index (χ1v) is 8.18. The third-order valence-corrected chi connectivity index (χ3v) is 4.97. The average Bonchev–Trinajstić information content (AvgIpc) is 2.92. The van der Waals surface area contributed by atoms with Crippen LogP contribution in [0.1, 0.15) is 23.7 Å². The standard InChI is InChI=1S/C14H16N2S2/c1-2-4-14-12(3-1)13(6-8-18-14)15-7-5-11-9-17-10-16-11/h1-4,9-10,13,15H,5-8H2. The highest BCUT2D eigenvalue weighted by Gasteiger charge is 2.19. The van der Waals surface area contributed by atoms with Crippen molar-refractivity contribution in [2.24, 2.45) is 0 Å². The third-order valence-electron chi connectivity index (χ3n) is 3.21. The number of nitrogens with zero attached hydrogens (tertiary/aromatic N) is 1. The number of rotatable bonds is 4. The molecule has 1 unspecified atom stereocenters. The Morgan fingerprint density at radius 1 is 1.33 bits per heavy atom. The maximum Gasteiger partial charge on any atom is 0.0794 e. The topological polar surface area (TPSA) is 24.9 Å². The van der Waals surface area contributed by atoms with E-state index < -0.39 is 0 Å². The molecule has 0 saturated carbocycles. The zero-order valence-electron chi connectivity index (χ0n) is 10.1. The molecule has 1 aromatic heterocycles. The first-order valence-electron chi connectivity index (χ1n) is 6.25. The van der Waals surface area contributed by atoms with Crippen molar-refractivity contribution in [3.05, 3.63) is 46.4 Å². The third kappa shape index (κ3) is 2.76. The van der Waals surface area contributed by atoms with Gasteiger partial charge in [-0.3, -0.25) is 0 Å². The maximum absolute atomic E-state index is 4.32. The molecule has 94 valence electrons. The van der Waals surface area contributed by atoms with E-state index in [9.17, 15) is 0 Å². The summed E-state index contributed by atoms with van der Waals surface area (Å²) >= 11 is 3.64. The number of fused-ring (bicyclic) bond motifs is 1. The van der Waals surface area contributed by atoms with Crippen molar-refractivity contribution in [2.75, 3.05) is 12.3 Å². The van der Waals surface area contributed by atoms with Crippen molar-refractivity contribution in [2.45, 2.75) is 23.8 Å². The monoisotopic (exact) mass is 276 g/mol. The SMILES string of the molecule is c1ccc2c(c1)SCCC2NCCc1cscn1. The summed E-state index contributed by atoms with van der Waals surface area (Å²) in [7, 11) is 0. The second kappa shape index (κ2) is 5.87. The van der Waals surface area contributed by atoms with E-state index in [0.717, 1.165) is 13.0 Å². The number of nitrogens with one attached hydrogen (secondary N) is 1. The van der Waals surface area contributed by atoms with E-state index in [2.05, 4.69) is 39.9 Å². The molecule has 2 nitrogen and oxygen atoms in total. The Labute approximate surface area is 116 Å². The molecule has 1 N–H and O–H groups in total. The second-order valence-electron chi connectivity index (χ2n) is 4.41. The van der Waals surface area contributed by atoms with Gasteiger partial charge in [-0.05, 0) is 23.8 Å². The van der Waals surface area contributed by atoms with E-state index in [4.69, 9.17) is 0 Å². The van der Waals surface area contributed by atoms with E-state index >= 15 is 0 Å². The Balaban J connectivity index is 1.60. The summed E-state index contributed by atoms with van der Waals surface area (Å²) in [6, 6.07) is 9.26. The van der Waals surface area contributed by atoms with Crippen LogP contribution in [-0.4, -0.2) is 17.3 Å². The van der Waals surface area contributed by atoms with Gasteiger partial charge < -0.3 is 5.32 Å². The van der Waals surface area contributed by atoms with Crippen molar-refractivity contribution >= 4 is 23.1 Å². The Hall–Kier alpha value is -0.840. The summed E-state index contributed by atoms with van der Waals surface area (Å²) in [6.45, 7) is 1.01. The molecular formula is C14H16N2S2. The Morgan fingerprint density at radius 3 is 3.17 bits per heavy atom. The van der Waals surface area contributed by atoms with Crippen LogP contribution >= 0.6 is 23.1 Å². The highest BCUT2D eigenvalue weighted by atomic mass is 32.2. The summed E-state index contributed by atoms with van der Waals surface area (Å²) in [5.74, 6) is 1.21. The predicted octanol–water partition coefficient (Wildman–Crippen LogP) is 3.51. The lowest BCUT2D eigenvalue weighted by Gasteiger charge is -2.25. The lowest BCUT2D eigenvalue weighted by Crippen LogP contribution is -2.26. The first kappa shape index (κ1) is 12.2. The maximum atomic E-state index is 4.32. The molecule has 0 fully saturated rings. The van der Waals surface area contributed by atoms with Crippen molar-refractivity contribution in [1.29, 1.82) is 0 Å². The summed E-state index contributed by atoms with van der Waals surface area (Å²) in [5.41, 5.74) is 4.57. The molecule has 0 amide bonds. The Kier molecular flexibility index (Phi) is 3.98. The van der Waals surface area contributed by atoms with Gasteiger partial charge in [0, 0.05) is 29.3 Å². The van der Waals surface area contributed by atoms with Gasteiger partial charge in [0.05, 0.1) is 11.2 Å². The minimum Gasteiger partial charge on any atom is -0.309 e. The molecule has 0 bridgehead atoms. The van der Waals surface area contributed by atoms with Gasteiger partial charge in [0.15, 0.2) is 0 Å². The van der Waals surface area contributed by atoms with Crippen LogP contribution in [0.2, 0.25) is 0 Å². The van der Waals surface area contributed by atoms with Crippen molar-refractivity contribution in [3.63, 3.8) is 0 Å². The zero-order chi connectivity index (χ0) is 12.2. The quantitative estimate of drug-likeness (QED) is 0.925. The van der Waals surface area contributed by atoms with Gasteiger partial charge in [0.1, 0.15) is 0 Å². The normalized spacial score (nSPS) is 18.6. The van der Waals surface area contributed by atoms with Gasteiger partial charge in [-0.1, -0.05) is 18.2 Å². The van der Waals surface area contributed by atoms with E-state index in [1.54, 1.807) is 11.3 Å².